The number of primary sulfonamides is 1. The van der Waals surface area contributed by atoms with Crippen molar-refractivity contribution in [2.45, 2.75) is 11.0 Å². The molecule has 0 amide bonds. The van der Waals surface area contributed by atoms with E-state index in [1.807, 2.05) is 0 Å². The highest BCUT2D eigenvalue weighted by atomic mass is 32.2. The lowest BCUT2D eigenvalue weighted by Crippen LogP contribution is -2.44. The summed E-state index contributed by atoms with van der Waals surface area (Å²) in [5, 5.41) is 8.16. The molecule has 3 N–H and O–H groups in total. The summed E-state index contributed by atoms with van der Waals surface area (Å²) in [7, 11) is -2.16. The SMILES string of the molecule is CN(CC1CNCCO1)c1ccc(S(N)(=O)=O)cc1F. The van der Waals surface area contributed by atoms with Crippen molar-refractivity contribution in [2.24, 2.45) is 5.14 Å². The summed E-state index contributed by atoms with van der Waals surface area (Å²) >= 11 is 0. The first kappa shape index (κ1) is 15.2. The molecular formula is C12H18FN3O3S. The summed E-state index contributed by atoms with van der Waals surface area (Å²) in [5.74, 6) is -0.622. The van der Waals surface area contributed by atoms with E-state index in [2.05, 4.69) is 5.32 Å². The molecule has 0 saturated carbocycles. The first-order valence-electron chi connectivity index (χ1n) is 6.24. The second-order valence-corrected chi connectivity index (χ2v) is 6.30. The van der Waals surface area contributed by atoms with Crippen LogP contribution >= 0.6 is 0 Å². The van der Waals surface area contributed by atoms with Gasteiger partial charge >= 0.3 is 0 Å². The van der Waals surface area contributed by atoms with Gasteiger partial charge < -0.3 is 15.0 Å². The number of sulfonamides is 1. The molecule has 20 heavy (non-hydrogen) atoms. The summed E-state index contributed by atoms with van der Waals surface area (Å²) in [6.07, 6.45) is -0.0222. The summed E-state index contributed by atoms with van der Waals surface area (Å²) < 4.78 is 41.8. The molecule has 1 aromatic carbocycles. The van der Waals surface area contributed by atoms with Crippen LogP contribution in [0.15, 0.2) is 23.1 Å². The maximum atomic E-state index is 14.0. The predicted octanol–water partition coefficient (Wildman–Crippen LogP) is -0.102. The smallest absolute Gasteiger partial charge is 0.238 e. The second kappa shape index (κ2) is 6.04. The molecule has 0 bridgehead atoms. The average Bonchev–Trinajstić information content (AvgIpc) is 2.38. The number of halogens is 1. The molecule has 1 aromatic rings. The summed E-state index contributed by atoms with van der Waals surface area (Å²) in [5.41, 5.74) is 0.312. The molecule has 0 spiro atoms. The fraction of sp³-hybridized carbons (Fsp3) is 0.500. The molecule has 1 atom stereocenters. The molecule has 1 aliphatic rings. The van der Waals surface area contributed by atoms with Crippen LogP contribution < -0.4 is 15.4 Å². The van der Waals surface area contributed by atoms with Gasteiger partial charge in [-0.15, -0.1) is 0 Å². The third-order valence-corrected chi connectivity index (χ3v) is 4.05. The normalized spacial score (nSPS) is 19.9. The highest BCUT2D eigenvalue weighted by molar-refractivity contribution is 7.89. The van der Waals surface area contributed by atoms with E-state index in [0.29, 0.717) is 25.4 Å². The molecule has 8 heteroatoms. The monoisotopic (exact) mass is 303 g/mol. The Bertz CT molecular complexity index is 573. The van der Waals surface area contributed by atoms with E-state index in [1.54, 1.807) is 11.9 Å². The molecular weight excluding hydrogens is 285 g/mol. The largest absolute Gasteiger partial charge is 0.374 e. The van der Waals surface area contributed by atoms with Crippen molar-refractivity contribution in [2.75, 3.05) is 38.2 Å². The van der Waals surface area contributed by atoms with Gasteiger partial charge in [0.1, 0.15) is 5.82 Å². The van der Waals surface area contributed by atoms with Gasteiger partial charge in [-0.25, -0.2) is 17.9 Å². The van der Waals surface area contributed by atoms with Crippen LogP contribution in [-0.2, 0) is 14.8 Å². The van der Waals surface area contributed by atoms with E-state index >= 15 is 0 Å². The molecule has 112 valence electrons. The van der Waals surface area contributed by atoms with E-state index in [-0.39, 0.29) is 11.0 Å². The van der Waals surface area contributed by atoms with Crippen LogP contribution in [0.25, 0.3) is 0 Å². The lowest BCUT2D eigenvalue weighted by atomic mass is 10.2. The number of nitrogens with zero attached hydrogens (tertiary/aromatic N) is 1. The molecule has 6 nitrogen and oxygen atoms in total. The molecule has 2 rings (SSSR count). The number of nitrogens with two attached hydrogens (primary N) is 1. The molecule has 1 heterocycles. The van der Waals surface area contributed by atoms with Crippen LogP contribution in [0.5, 0.6) is 0 Å². The number of morpholine rings is 1. The Hall–Kier alpha value is -1.22. The minimum Gasteiger partial charge on any atom is -0.374 e. The minimum absolute atomic E-state index is 0.0222. The van der Waals surface area contributed by atoms with Gasteiger partial charge in [-0.2, -0.15) is 0 Å². The van der Waals surface area contributed by atoms with Gasteiger partial charge in [-0.1, -0.05) is 0 Å². The molecule has 1 saturated heterocycles. The number of anilines is 1. The Morgan fingerprint density at radius 1 is 1.55 bits per heavy atom. The van der Waals surface area contributed by atoms with Crippen molar-refractivity contribution in [3.8, 4) is 0 Å². The number of benzene rings is 1. The Labute approximate surface area is 117 Å². The first-order valence-corrected chi connectivity index (χ1v) is 7.78. The Kier molecular flexibility index (Phi) is 4.59. The van der Waals surface area contributed by atoms with Gasteiger partial charge in [0.05, 0.1) is 23.3 Å². The fourth-order valence-corrected chi connectivity index (χ4v) is 2.64. The number of hydrogen-bond donors (Lipinski definition) is 2. The van der Waals surface area contributed by atoms with Gasteiger partial charge in [-0.3, -0.25) is 0 Å². The summed E-state index contributed by atoms with van der Waals surface area (Å²) in [4.78, 5) is 1.46. The second-order valence-electron chi connectivity index (χ2n) is 4.74. The van der Waals surface area contributed by atoms with Crippen molar-refractivity contribution in [1.29, 1.82) is 0 Å². The van der Waals surface area contributed by atoms with Crippen molar-refractivity contribution >= 4 is 15.7 Å². The van der Waals surface area contributed by atoms with E-state index in [9.17, 15) is 12.8 Å². The van der Waals surface area contributed by atoms with Crippen LogP contribution in [0.4, 0.5) is 10.1 Å². The first-order chi connectivity index (χ1) is 9.38. The third kappa shape index (κ3) is 3.66. The number of rotatable bonds is 4. The van der Waals surface area contributed by atoms with Gasteiger partial charge in [0.25, 0.3) is 0 Å². The van der Waals surface area contributed by atoms with Crippen LogP contribution in [-0.4, -0.2) is 47.8 Å². The van der Waals surface area contributed by atoms with Crippen LogP contribution in [0, 0.1) is 5.82 Å². The molecule has 1 aliphatic heterocycles. The average molecular weight is 303 g/mol. The maximum Gasteiger partial charge on any atom is 0.238 e. The Morgan fingerprint density at radius 2 is 2.30 bits per heavy atom. The van der Waals surface area contributed by atoms with E-state index in [1.165, 1.54) is 12.1 Å². The molecule has 1 fully saturated rings. The Morgan fingerprint density at radius 3 is 2.85 bits per heavy atom. The molecule has 0 radical (unpaired) electrons. The molecule has 1 unspecified atom stereocenters. The number of hydrogen-bond acceptors (Lipinski definition) is 5. The lowest BCUT2D eigenvalue weighted by Gasteiger charge is -2.29. The maximum absolute atomic E-state index is 14.0. The van der Waals surface area contributed by atoms with E-state index in [4.69, 9.17) is 9.88 Å². The summed E-state index contributed by atoms with van der Waals surface area (Å²) in [6.45, 7) is 2.67. The topological polar surface area (TPSA) is 84.7 Å². The standard InChI is InChI=1S/C12H18FN3O3S/c1-16(8-9-7-15-4-5-19-9)12-3-2-10(6-11(12)13)20(14,17)18/h2-3,6,9,15H,4-5,7-8H2,1H3,(H2,14,17,18). The third-order valence-electron chi connectivity index (χ3n) is 3.14. The van der Waals surface area contributed by atoms with Gasteiger partial charge in [0.2, 0.25) is 10.0 Å². The van der Waals surface area contributed by atoms with Crippen molar-refractivity contribution < 1.29 is 17.5 Å². The number of nitrogens with one attached hydrogen (secondary N) is 1. The number of likely N-dealkylation sites (N-methyl/N-ethyl adjacent to an activating group) is 1. The molecule has 0 aromatic heterocycles. The Balaban J connectivity index is 2.11. The van der Waals surface area contributed by atoms with Gasteiger partial charge in [-0.05, 0) is 18.2 Å². The highest BCUT2D eigenvalue weighted by Gasteiger charge is 2.18. The van der Waals surface area contributed by atoms with Crippen molar-refractivity contribution in [3.05, 3.63) is 24.0 Å². The van der Waals surface area contributed by atoms with Crippen LogP contribution in [0.3, 0.4) is 0 Å². The lowest BCUT2D eigenvalue weighted by molar-refractivity contribution is 0.0339. The minimum atomic E-state index is -3.89. The van der Waals surface area contributed by atoms with Crippen LogP contribution in [0.1, 0.15) is 0 Å². The van der Waals surface area contributed by atoms with Crippen molar-refractivity contribution in [1.82, 2.24) is 5.32 Å². The van der Waals surface area contributed by atoms with E-state index < -0.39 is 15.8 Å². The fourth-order valence-electron chi connectivity index (χ4n) is 2.11. The van der Waals surface area contributed by atoms with Crippen molar-refractivity contribution in [3.63, 3.8) is 0 Å². The highest BCUT2D eigenvalue weighted by Crippen LogP contribution is 2.21. The summed E-state index contributed by atoms with van der Waals surface area (Å²) in [6, 6.07) is 3.64. The predicted molar refractivity (Wildman–Crippen MR) is 73.7 cm³/mol. The quantitative estimate of drug-likeness (QED) is 0.811. The van der Waals surface area contributed by atoms with Crippen LogP contribution in [0.2, 0.25) is 0 Å². The zero-order valence-electron chi connectivity index (χ0n) is 11.2. The zero-order valence-corrected chi connectivity index (χ0v) is 12.0. The van der Waals surface area contributed by atoms with Gasteiger partial charge in [0, 0.05) is 26.7 Å². The van der Waals surface area contributed by atoms with E-state index in [0.717, 1.165) is 12.6 Å². The number of ether oxygens (including phenoxy) is 1. The zero-order chi connectivity index (χ0) is 14.8. The van der Waals surface area contributed by atoms with Gasteiger partial charge in [0.15, 0.2) is 0 Å². The molecule has 0 aliphatic carbocycles.